The Bertz CT molecular complexity index is 1500. The van der Waals surface area contributed by atoms with E-state index >= 15 is 0 Å². The Kier molecular flexibility index (Phi) is 6.40. The number of hydrogen-bond donors (Lipinski definition) is 1. The van der Waals surface area contributed by atoms with Gasteiger partial charge in [0.1, 0.15) is 6.04 Å². The maximum absolute atomic E-state index is 13.6. The predicted molar refractivity (Wildman–Crippen MR) is 148 cm³/mol. The molecule has 0 spiro atoms. The van der Waals surface area contributed by atoms with Crippen molar-refractivity contribution in [1.82, 2.24) is 30.1 Å². The van der Waals surface area contributed by atoms with Crippen LogP contribution in [0, 0.1) is 27.7 Å². The van der Waals surface area contributed by atoms with Crippen LogP contribution in [0.25, 0.3) is 10.9 Å². The number of benzene rings is 2. The summed E-state index contributed by atoms with van der Waals surface area (Å²) >= 11 is 0. The third kappa shape index (κ3) is 4.66. The van der Waals surface area contributed by atoms with E-state index in [4.69, 9.17) is 0 Å². The van der Waals surface area contributed by atoms with Gasteiger partial charge in [-0.3, -0.25) is 9.69 Å². The van der Waals surface area contributed by atoms with Crippen LogP contribution in [0.4, 0.5) is 5.69 Å². The van der Waals surface area contributed by atoms with E-state index < -0.39 is 0 Å². The maximum Gasteiger partial charge on any atom is 0.253 e. The molecule has 2 aromatic heterocycles. The van der Waals surface area contributed by atoms with Gasteiger partial charge in [0.15, 0.2) is 5.82 Å². The highest BCUT2D eigenvalue weighted by atomic mass is 16.1. The van der Waals surface area contributed by atoms with Gasteiger partial charge >= 0.3 is 0 Å². The van der Waals surface area contributed by atoms with E-state index in [0.717, 1.165) is 42.6 Å². The number of piperazine rings is 1. The highest BCUT2D eigenvalue weighted by molar-refractivity contribution is 5.81. The van der Waals surface area contributed by atoms with Gasteiger partial charge in [0.05, 0.1) is 5.54 Å². The van der Waals surface area contributed by atoms with Crippen LogP contribution in [0.3, 0.4) is 0 Å². The lowest BCUT2D eigenvalue weighted by atomic mass is 9.99. The van der Waals surface area contributed by atoms with E-state index in [1.807, 2.05) is 16.8 Å². The summed E-state index contributed by atoms with van der Waals surface area (Å²) in [6.45, 7) is 18.1. The first-order valence-corrected chi connectivity index (χ1v) is 13.0. The molecule has 0 saturated carbocycles. The number of aromatic nitrogens is 5. The molecule has 4 aromatic rings. The normalized spacial score (nSPS) is 15.9. The highest BCUT2D eigenvalue weighted by Gasteiger charge is 2.35. The van der Waals surface area contributed by atoms with Gasteiger partial charge in [-0.25, -0.2) is 4.68 Å². The fourth-order valence-corrected chi connectivity index (χ4v) is 5.34. The first kappa shape index (κ1) is 25.1. The van der Waals surface area contributed by atoms with Gasteiger partial charge in [0.2, 0.25) is 0 Å². The molecule has 8 heteroatoms. The molecular formula is C29H37N7O. The first-order chi connectivity index (χ1) is 17.5. The molecule has 3 heterocycles. The average Bonchev–Trinajstić information content (AvgIpc) is 3.33. The Hall–Kier alpha value is -3.52. The number of fused-ring (bicyclic) bond motifs is 1. The lowest BCUT2D eigenvalue weighted by molar-refractivity contribution is 0.190. The summed E-state index contributed by atoms with van der Waals surface area (Å²) in [4.78, 5) is 21.5. The van der Waals surface area contributed by atoms with Crippen molar-refractivity contribution in [2.24, 2.45) is 0 Å². The Morgan fingerprint density at radius 1 is 0.919 bits per heavy atom. The molecule has 194 valence electrons. The second-order valence-corrected chi connectivity index (χ2v) is 11.3. The maximum atomic E-state index is 13.6. The van der Waals surface area contributed by atoms with Gasteiger partial charge in [-0.15, -0.1) is 5.10 Å². The summed E-state index contributed by atoms with van der Waals surface area (Å²) < 4.78 is 1.86. The first-order valence-electron chi connectivity index (χ1n) is 13.0. The van der Waals surface area contributed by atoms with Gasteiger partial charge < -0.3 is 9.88 Å². The number of aromatic amines is 1. The van der Waals surface area contributed by atoms with E-state index in [1.54, 1.807) is 0 Å². The molecule has 1 fully saturated rings. The summed E-state index contributed by atoms with van der Waals surface area (Å²) in [6, 6.07) is 12.4. The minimum Gasteiger partial charge on any atom is -0.369 e. The van der Waals surface area contributed by atoms with Gasteiger partial charge in [-0.05, 0) is 111 Å². The molecule has 37 heavy (non-hydrogen) atoms. The van der Waals surface area contributed by atoms with Gasteiger partial charge in [-0.2, -0.15) is 0 Å². The summed E-state index contributed by atoms with van der Waals surface area (Å²) in [5.74, 6) is 0.696. The SMILES string of the molecule is Cc1cc2cc([C@H](c3nnnn3C(C)(C)C)N3CCN(c4cccc(C)c4C)CC3)c(=O)[nH]c2cc1C. The van der Waals surface area contributed by atoms with Crippen LogP contribution in [-0.2, 0) is 5.54 Å². The molecule has 1 saturated heterocycles. The minimum atomic E-state index is -0.357. The number of aryl methyl sites for hydroxylation is 3. The van der Waals surface area contributed by atoms with Crippen LogP contribution in [0.1, 0.15) is 60.5 Å². The van der Waals surface area contributed by atoms with Crippen molar-refractivity contribution < 1.29 is 0 Å². The predicted octanol–water partition coefficient (Wildman–Crippen LogP) is 4.41. The summed E-state index contributed by atoms with van der Waals surface area (Å²) in [6.07, 6.45) is 0. The Balaban J connectivity index is 1.57. The zero-order valence-corrected chi connectivity index (χ0v) is 23.0. The summed E-state index contributed by atoms with van der Waals surface area (Å²) in [5, 5.41) is 13.9. The Labute approximate surface area is 218 Å². The fourth-order valence-electron chi connectivity index (χ4n) is 5.34. The van der Waals surface area contributed by atoms with E-state index in [0.29, 0.717) is 11.4 Å². The van der Waals surface area contributed by atoms with E-state index in [1.165, 1.54) is 22.4 Å². The third-order valence-corrected chi connectivity index (χ3v) is 7.75. The van der Waals surface area contributed by atoms with E-state index in [9.17, 15) is 4.79 Å². The monoisotopic (exact) mass is 499 g/mol. The zero-order valence-electron chi connectivity index (χ0n) is 23.0. The van der Waals surface area contributed by atoms with Crippen molar-refractivity contribution in [2.75, 3.05) is 31.1 Å². The summed E-state index contributed by atoms with van der Waals surface area (Å²) in [5.41, 5.74) is 7.37. The van der Waals surface area contributed by atoms with E-state index in [-0.39, 0.29) is 17.1 Å². The molecule has 2 aromatic carbocycles. The second-order valence-electron chi connectivity index (χ2n) is 11.3. The molecule has 1 atom stereocenters. The van der Waals surface area contributed by atoms with Crippen molar-refractivity contribution in [3.05, 3.63) is 80.4 Å². The number of tetrazole rings is 1. The number of nitrogens with one attached hydrogen (secondary N) is 1. The lowest BCUT2D eigenvalue weighted by Crippen LogP contribution is -2.49. The van der Waals surface area contributed by atoms with Gasteiger partial charge in [0, 0.05) is 42.9 Å². The number of hydrogen-bond acceptors (Lipinski definition) is 6. The van der Waals surface area contributed by atoms with Gasteiger partial charge in [-0.1, -0.05) is 12.1 Å². The smallest absolute Gasteiger partial charge is 0.253 e. The molecule has 0 radical (unpaired) electrons. The molecule has 1 N–H and O–H groups in total. The quantitative estimate of drug-likeness (QED) is 0.448. The average molecular weight is 500 g/mol. The molecule has 8 nitrogen and oxygen atoms in total. The summed E-state index contributed by atoms with van der Waals surface area (Å²) in [7, 11) is 0. The standard InChI is InChI=1S/C29H37N7O/c1-18-9-8-10-25(21(18)4)34-11-13-35(14-12-34)26(27-31-32-33-36(27)29(5,6)7)23-17-22-15-19(2)20(3)16-24(22)30-28(23)37/h8-10,15-17,26H,11-14H2,1-7H3,(H,30,37)/t26-/m1/s1. The number of rotatable bonds is 4. The van der Waals surface area contributed by atoms with Crippen LogP contribution in [0.15, 0.2) is 41.2 Å². The van der Waals surface area contributed by atoms with Crippen molar-refractivity contribution in [1.29, 1.82) is 0 Å². The van der Waals surface area contributed by atoms with E-state index in [2.05, 4.69) is 103 Å². The number of pyridine rings is 1. The molecule has 0 bridgehead atoms. The van der Waals surface area contributed by atoms with Crippen molar-refractivity contribution >= 4 is 16.6 Å². The van der Waals surface area contributed by atoms with Crippen LogP contribution >= 0.6 is 0 Å². The third-order valence-electron chi connectivity index (χ3n) is 7.75. The van der Waals surface area contributed by atoms with Crippen LogP contribution in [0.2, 0.25) is 0 Å². The topological polar surface area (TPSA) is 82.9 Å². The number of H-pyrrole nitrogens is 1. The second kappa shape index (κ2) is 9.41. The number of nitrogens with zero attached hydrogens (tertiary/aromatic N) is 6. The molecule has 0 aliphatic carbocycles. The van der Waals surface area contributed by atoms with Crippen molar-refractivity contribution in [3.63, 3.8) is 0 Å². The van der Waals surface area contributed by atoms with Gasteiger partial charge in [0.25, 0.3) is 5.56 Å². The Morgan fingerprint density at radius 2 is 1.62 bits per heavy atom. The lowest BCUT2D eigenvalue weighted by Gasteiger charge is -2.40. The molecule has 0 amide bonds. The zero-order chi connectivity index (χ0) is 26.5. The van der Waals surface area contributed by atoms with Crippen molar-refractivity contribution in [2.45, 2.75) is 60.0 Å². The molecular weight excluding hydrogens is 462 g/mol. The molecule has 1 aliphatic rings. The minimum absolute atomic E-state index is 0.0961. The molecule has 0 unspecified atom stereocenters. The Morgan fingerprint density at radius 3 is 2.32 bits per heavy atom. The highest BCUT2D eigenvalue weighted by Crippen LogP contribution is 2.32. The van der Waals surface area contributed by atoms with Crippen LogP contribution < -0.4 is 10.5 Å². The number of anilines is 1. The fraction of sp³-hybridized carbons (Fsp3) is 0.448. The van der Waals surface area contributed by atoms with Crippen molar-refractivity contribution in [3.8, 4) is 0 Å². The largest absolute Gasteiger partial charge is 0.369 e. The molecule has 1 aliphatic heterocycles. The molecule has 5 rings (SSSR count). The van der Waals surface area contributed by atoms with Crippen LogP contribution in [-0.4, -0.2) is 56.3 Å². The van der Waals surface area contributed by atoms with Crippen LogP contribution in [0.5, 0.6) is 0 Å².